The second-order valence-electron chi connectivity index (χ2n) is 6.07. The Kier molecular flexibility index (Phi) is 4.48. The molecule has 1 unspecified atom stereocenters. The first-order chi connectivity index (χ1) is 11.0. The van der Waals surface area contributed by atoms with E-state index in [1.807, 2.05) is 32.5 Å². The van der Waals surface area contributed by atoms with E-state index in [2.05, 4.69) is 25.7 Å². The van der Waals surface area contributed by atoms with Crippen LogP contribution in [0, 0.1) is 13.8 Å². The highest BCUT2D eigenvalue weighted by Gasteiger charge is 2.27. The topological polar surface area (TPSA) is 62.5 Å². The zero-order chi connectivity index (χ0) is 16.6. The van der Waals surface area contributed by atoms with Crippen LogP contribution in [0.25, 0.3) is 0 Å². The molecule has 1 aromatic rings. The van der Waals surface area contributed by atoms with Crippen molar-refractivity contribution < 1.29 is 4.79 Å². The van der Waals surface area contributed by atoms with E-state index in [1.54, 1.807) is 11.8 Å². The molecule has 0 bridgehead atoms. The van der Waals surface area contributed by atoms with E-state index >= 15 is 0 Å². The van der Waals surface area contributed by atoms with Gasteiger partial charge in [0.1, 0.15) is 0 Å². The number of amidine groups is 1. The first-order valence-corrected chi connectivity index (χ1v) is 8.82. The van der Waals surface area contributed by atoms with E-state index in [1.165, 1.54) is 0 Å². The minimum absolute atomic E-state index is 0.0406. The molecule has 0 saturated carbocycles. The van der Waals surface area contributed by atoms with Gasteiger partial charge in [-0.05, 0) is 32.6 Å². The van der Waals surface area contributed by atoms with Gasteiger partial charge in [-0.25, -0.2) is 0 Å². The predicted molar refractivity (Wildman–Crippen MR) is 93.2 cm³/mol. The number of hydrogen-bond acceptors (Lipinski definition) is 5. The third-order valence-corrected chi connectivity index (χ3v) is 5.33. The number of aromatic nitrogens is 2. The zero-order valence-corrected chi connectivity index (χ0v) is 14.9. The molecule has 0 spiro atoms. The average molecular weight is 333 g/mol. The summed E-state index contributed by atoms with van der Waals surface area (Å²) in [4.78, 5) is 19.1. The van der Waals surface area contributed by atoms with Gasteiger partial charge in [0.25, 0.3) is 0 Å². The number of rotatable bonds is 4. The fourth-order valence-electron chi connectivity index (χ4n) is 3.22. The molecule has 3 rings (SSSR count). The smallest absolute Gasteiger partial charge is 0.226 e. The number of nitrogens with zero attached hydrogens (tertiary/aromatic N) is 4. The van der Waals surface area contributed by atoms with Crippen molar-refractivity contribution in [2.75, 3.05) is 13.1 Å². The van der Waals surface area contributed by atoms with Gasteiger partial charge in [0.05, 0.1) is 18.2 Å². The summed E-state index contributed by atoms with van der Waals surface area (Å²) in [5.41, 5.74) is 4.23. The van der Waals surface area contributed by atoms with E-state index in [0.717, 1.165) is 47.3 Å². The summed E-state index contributed by atoms with van der Waals surface area (Å²) in [6.07, 6.45) is 1.45. The quantitative estimate of drug-likeness (QED) is 0.918. The monoisotopic (exact) mass is 333 g/mol. The summed E-state index contributed by atoms with van der Waals surface area (Å²) in [5.74, 6) is 0.0406. The van der Waals surface area contributed by atoms with Crippen molar-refractivity contribution in [3.8, 4) is 0 Å². The van der Waals surface area contributed by atoms with Gasteiger partial charge in [-0.2, -0.15) is 5.10 Å². The highest BCUT2D eigenvalue weighted by molar-refractivity contribution is 8.16. The first kappa shape index (κ1) is 16.1. The lowest BCUT2D eigenvalue weighted by Crippen LogP contribution is -2.33. The third-order valence-electron chi connectivity index (χ3n) is 4.38. The molecular formula is C16H23N5OS. The largest absolute Gasteiger partial charge is 0.349 e. The minimum Gasteiger partial charge on any atom is -0.349 e. The third kappa shape index (κ3) is 3.15. The molecular weight excluding hydrogens is 310 g/mol. The van der Waals surface area contributed by atoms with E-state index in [0.29, 0.717) is 6.42 Å². The Labute approximate surface area is 141 Å². The number of amides is 1. The SMILES string of the molecule is Cc1nn(C)c(C)c1C(C)NC(=O)CC1=CSC2=NCCCN12. The molecule has 1 N–H and O–H groups in total. The van der Waals surface area contributed by atoms with Gasteiger partial charge < -0.3 is 10.2 Å². The lowest BCUT2D eigenvalue weighted by molar-refractivity contribution is -0.121. The van der Waals surface area contributed by atoms with Gasteiger partial charge in [0.2, 0.25) is 5.91 Å². The molecule has 124 valence electrons. The maximum absolute atomic E-state index is 12.4. The molecule has 0 radical (unpaired) electrons. The molecule has 6 nitrogen and oxygen atoms in total. The Morgan fingerprint density at radius 1 is 1.48 bits per heavy atom. The van der Waals surface area contributed by atoms with E-state index in [-0.39, 0.29) is 11.9 Å². The van der Waals surface area contributed by atoms with Crippen LogP contribution in [-0.2, 0) is 11.8 Å². The van der Waals surface area contributed by atoms with Crippen LogP contribution in [0.5, 0.6) is 0 Å². The number of carbonyl (C=O) groups excluding carboxylic acids is 1. The van der Waals surface area contributed by atoms with Crippen LogP contribution >= 0.6 is 11.8 Å². The van der Waals surface area contributed by atoms with Gasteiger partial charge in [0, 0.05) is 37.1 Å². The number of nitrogens with one attached hydrogen (secondary N) is 1. The standard InChI is InChI=1S/C16H23N5OS/c1-10(15-11(2)19-20(4)12(15)3)18-14(22)8-13-9-23-16-17-6-5-7-21(13)16/h9-10H,5-8H2,1-4H3,(H,18,22). The molecule has 0 saturated heterocycles. The minimum atomic E-state index is -0.0413. The van der Waals surface area contributed by atoms with Gasteiger partial charge in [0.15, 0.2) is 5.17 Å². The molecule has 1 aromatic heterocycles. The summed E-state index contributed by atoms with van der Waals surface area (Å²) in [6.45, 7) is 7.88. The first-order valence-electron chi connectivity index (χ1n) is 7.94. The number of carbonyl (C=O) groups is 1. The molecule has 0 aromatic carbocycles. The summed E-state index contributed by atoms with van der Waals surface area (Å²) in [7, 11) is 1.93. The maximum atomic E-state index is 12.4. The molecule has 0 aliphatic carbocycles. The molecule has 1 atom stereocenters. The number of aryl methyl sites for hydroxylation is 2. The molecule has 23 heavy (non-hydrogen) atoms. The summed E-state index contributed by atoms with van der Waals surface area (Å²) in [6, 6.07) is -0.0413. The van der Waals surface area contributed by atoms with Crippen LogP contribution < -0.4 is 5.32 Å². The Hall–Kier alpha value is -1.76. The van der Waals surface area contributed by atoms with Crippen LogP contribution in [0.4, 0.5) is 0 Å². The van der Waals surface area contributed by atoms with Crippen molar-refractivity contribution in [3.05, 3.63) is 28.1 Å². The number of aliphatic imine (C=N–C) groups is 1. The van der Waals surface area contributed by atoms with Gasteiger partial charge >= 0.3 is 0 Å². The van der Waals surface area contributed by atoms with Crippen molar-refractivity contribution in [1.29, 1.82) is 0 Å². The lowest BCUT2D eigenvalue weighted by Gasteiger charge is -2.25. The fraction of sp³-hybridized carbons (Fsp3) is 0.562. The predicted octanol–water partition coefficient (Wildman–Crippen LogP) is 2.25. The molecule has 0 fully saturated rings. The van der Waals surface area contributed by atoms with E-state index in [9.17, 15) is 4.79 Å². The molecule has 2 aliphatic heterocycles. The van der Waals surface area contributed by atoms with Crippen LogP contribution in [0.2, 0.25) is 0 Å². The molecule has 3 heterocycles. The lowest BCUT2D eigenvalue weighted by atomic mass is 10.1. The van der Waals surface area contributed by atoms with Gasteiger partial charge in [-0.3, -0.25) is 14.5 Å². The molecule has 1 amide bonds. The summed E-state index contributed by atoms with van der Waals surface area (Å²) < 4.78 is 1.86. The number of fused-ring (bicyclic) bond motifs is 1. The van der Waals surface area contributed by atoms with Gasteiger partial charge in [-0.15, -0.1) is 0 Å². The van der Waals surface area contributed by atoms with Crippen molar-refractivity contribution >= 4 is 22.8 Å². The fourth-order valence-corrected chi connectivity index (χ4v) is 4.17. The van der Waals surface area contributed by atoms with Crippen LogP contribution in [0.15, 0.2) is 16.1 Å². The van der Waals surface area contributed by atoms with Crippen molar-refractivity contribution in [2.45, 2.75) is 39.7 Å². The van der Waals surface area contributed by atoms with Crippen molar-refractivity contribution in [2.24, 2.45) is 12.0 Å². The number of hydrogen-bond donors (Lipinski definition) is 1. The Morgan fingerprint density at radius 3 is 2.96 bits per heavy atom. The molecule has 7 heteroatoms. The highest BCUT2D eigenvalue weighted by Crippen LogP contribution is 2.30. The van der Waals surface area contributed by atoms with Crippen LogP contribution in [-0.4, -0.2) is 38.8 Å². The summed E-state index contributed by atoms with van der Waals surface area (Å²) >= 11 is 1.62. The van der Waals surface area contributed by atoms with Crippen LogP contribution in [0.3, 0.4) is 0 Å². The normalized spacial score (nSPS) is 18.3. The Balaban J connectivity index is 1.63. The second-order valence-corrected chi connectivity index (χ2v) is 6.91. The Morgan fingerprint density at radius 2 is 2.26 bits per heavy atom. The zero-order valence-electron chi connectivity index (χ0n) is 14.1. The second kappa shape index (κ2) is 6.39. The maximum Gasteiger partial charge on any atom is 0.226 e. The van der Waals surface area contributed by atoms with Crippen molar-refractivity contribution in [3.63, 3.8) is 0 Å². The number of thioether (sulfide) groups is 1. The molecule has 2 aliphatic rings. The average Bonchev–Trinajstić information content (AvgIpc) is 3.01. The van der Waals surface area contributed by atoms with Crippen LogP contribution in [0.1, 0.15) is 42.8 Å². The van der Waals surface area contributed by atoms with E-state index < -0.39 is 0 Å². The van der Waals surface area contributed by atoms with Gasteiger partial charge in [-0.1, -0.05) is 11.8 Å². The Bertz CT molecular complexity index is 691. The summed E-state index contributed by atoms with van der Waals surface area (Å²) in [5, 5.41) is 10.6. The highest BCUT2D eigenvalue weighted by atomic mass is 32.2. The van der Waals surface area contributed by atoms with E-state index in [4.69, 9.17) is 0 Å². The van der Waals surface area contributed by atoms with Crippen molar-refractivity contribution in [1.82, 2.24) is 20.0 Å².